The molecule has 5 rings (SSSR count). The number of fused-ring (bicyclic) bond motifs is 1. The third-order valence-electron chi connectivity index (χ3n) is 6.66. The summed E-state index contributed by atoms with van der Waals surface area (Å²) in [6, 6.07) is -0.747. The molecule has 2 N–H and O–H groups in total. The van der Waals surface area contributed by atoms with Crippen LogP contribution in [-0.2, 0) is 16.4 Å². The van der Waals surface area contributed by atoms with Gasteiger partial charge in [0.15, 0.2) is 26.8 Å². The normalized spacial score (nSPS) is 24.1. The number of amides is 1. The van der Waals surface area contributed by atoms with E-state index >= 15 is 0 Å². The minimum absolute atomic E-state index is 0.000838. The number of anilines is 1. The van der Waals surface area contributed by atoms with Crippen molar-refractivity contribution >= 4 is 32.9 Å². The summed E-state index contributed by atoms with van der Waals surface area (Å²) in [4.78, 5) is 35.5. The van der Waals surface area contributed by atoms with Gasteiger partial charge in [0.2, 0.25) is 0 Å². The van der Waals surface area contributed by atoms with Gasteiger partial charge in [-0.25, -0.2) is 38.1 Å². The lowest BCUT2D eigenvalue weighted by molar-refractivity contribution is 0.126. The molecule has 5 heterocycles. The van der Waals surface area contributed by atoms with Gasteiger partial charge in [-0.1, -0.05) is 0 Å². The van der Waals surface area contributed by atoms with E-state index in [9.17, 15) is 18.3 Å². The third-order valence-corrected chi connectivity index (χ3v) is 8.45. The van der Waals surface area contributed by atoms with Crippen LogP contribution in [-0.4, -0.2) is 84.1 Å². The Labute approximate surface area is 196 Å². The van der Waals surface area contributed by atoms with Crippen molar-refractivity contribution in [3.05, 3.63) is 24.5 Å². The van der Waals surface area contributed by atoms with Gasteiger partial charge in [0.1, 0.15) is 18.0 Å². The van der Waals surface area contributed by atoms with Gasteiger partial charge in [0.05, 0.1) is 29.2 Å². The molecule has 1 amide bonds. The SMILES string of the molecule is CCn1c(-c2cnc(C)nc2)nc2c(NC3CCN(C(=O)O)C3C3CCS(=O)(=O)C3)ncnc21. The average molecular weight is 487 g/mol. The summed E-state index contributed by atoms with van der Waals surface area (Å²) in [6.07, 6.45) is 4.85. The maximum Gasteiger partial charge on any atom is 0.407 e. The number of hydrogen-bond acceptors (Lipinski definition) is 9. The number of nitrogens with zero attached hydrogens (tertiary/aromatic N) is 7. The molecule has 0 aromatic carbocycles. The Kier molecular flexibility index (Phi) is 5.58. The van der Waals surface area contributed by atoms with Crippen LogP contribution >= 0.6 is 0 Å². The molecule has 34 heavy (non-hydrogen) atoms. The Morgan fingerprint density at radius 2 is 1.97 bits per heavy atom. The van der Waals surface area contributed by atoms with Gasteiger partial charge in [-0.3, -0.25) is 0 Å². The number of aryl methyl sites for hydroxylation is 2. The van der Waals surface area contributed by atoms with Crippen LogP contribution in [0.5, 0.6) is 0 Å². The van der Waals surface area contributed by atoms with Crippen LogP contribution < -0.4 is 5.32 Å². The van der Waals surface area contributed by atoms with E-state index in [1.54, 1.807) is 12.4 Å². The Bertz CT molecular complexity index is 1340. The van der Waals surface area contributed by atoms with Gasteiger partial charge in [-0.05, 0) is 32.6 Å². The molecule has 3 unspecified atom stereocenters. The Morgan fingerprint density at radius 3 is 2.62 bits per heavy atom. The van der Waals surface area contributed by atoms with E-state index in [2.05, 4.69) is 25.3 Å². The van der Waals surface area contributed by atoms with Gasteiger partial charge in [0.25, 0.3) is 0 Å². The molecule has 0 bridgehead atoms. The molecule has 0 saturated carbocycles. The van der Waals surface area contributed by atoms with Crippen molar-refractivity contribution in [1.82, 2.24) is 34.4 Å². The van der Waals surface area contributed by atoms with E-state index in [1.807, 2.05) is 18.4 Å². The quantitative estimate of drug-likeness (QED) is 0.543. The summed E-state index contributed by atoms with van der Waals surface area (Å²) in [6.45, 7) is 4.76. The minimum atomic E-state index is -3.15. The average Bonchev–Trinajstić information content (AvgIpc) is 3.49. The second kappa shape index (κ2) is 8.46. The van der Waals surface area contributed by atoms with Gasteiger partial charge in [-0.2, -0.15) is 0 Å². The second-order valence-corrected chi connectivity index (χ2v) is 11.0. The summed E-state index contributed by atoms with van der Waals surface area (Å²) < 4.78 is 26.2. The molecule has 0 spiro atoms. The van der Waals surface area contributed by atoms with Crippen molar-refractivity contribution in [2.24, 2.45) is 5.92 Å². The maximum absolute atomic E-state index is 12.1. The van der Waals surface area contributed by atoms with Crippen molar-refractivity contribution in [2.75, 3.05) is 23.4 Å². The number of sulfone groups is 1. The van der Waals surface area contributed by atoms with Crippen LogP contribution in [0.2, 0.25) is 0 Å². The standard InChI is InChI=1S/C21H26N8O4S/c1-3-28-19(14-8-22-12(2)23-9-14)27-16-18(24-11-25-20(16)28)26-15-4-6-29(21(30)31)17(15)13-5-7-34(32,33)10-13/h8-9,11,13,15,17H,3-7,10H2,1-2H3,(H,30,31)(H,24,25,26). The zero-order chi connectivity index (χ0) is 24.0. The lowest BCUT2D eigenvalue weighted by Crippen LogP contribution is -2.47. The molecular weight excluding hydrogens is 460 g/mol. The van der Waals surface area contributed by atoms with Crippen LogP contribution in [0.15, 0.2) is 18.7 Å². The van der Waals surface area contributed by atoms with Gasteiger partial charge in [0, 0.05) is 25.5 Å². The first kappa shape index (κ1) is 22.4. The topological polar surface area (TPSA) is 156 Å². The number of imidazole rings is 1. The van der Waals surface area contributed by atoms with Crippen LogP contribution in [0.3, 0.4) is 0 Å². The molecule has 3 aromatic rings. The Hall–Kier alpha value is -3.35. The van der Waals surface area contributed by atoms with E-state index in [4.69, 9.17) is 4.98 Å². The largest absolute Gasteiger partial charge is 0.465 e. The fraction of sp³-hybridized carbons (Fsp3) is 0.524. The number of likely N-dealkylation sites (tertiary alicyclic amines) is 1. The number of aromatic nitrogens is 6. The summed E-state index contributed by atoms with van der Waals surface area (Å²) >= 11 is 0. The smallest absolute Gasteiger partial charge is 0.407 e. The molecule has 2 fully saturated rings. The van der Waals surface area contributed by atoms with Gasteiger partial charge < -0.3 is 19.9 Å². The van der Waals surface area contributed by atoms with Crippen molar-refractivity contribution in [3.8, 4) is 11.4 Å². The monoisotopic (exact) mass is 486 g/mol. The predicted molar refractivity (Wildman–Crippen MR) is 124 cm³/mol. The highest BCUT2D eigenvalue weighted by Gasteiger charge is 2.46. The van der Waals surface area contributed by atoms with E-state index in [-0.39, 0.29) is 23.5 Å². The predicted octanol–water partition coefficient (Wildman–Crippen LogP) is 1.58. The summed E-state index contributed by atoms with van der Waals surface area (Å²) in [7, 11) is -3.15. The lowest BCUT2D eigenvalue weighted by atomic mass is 9.93. The molecule has 0 aliphatic carbocycles. The number of rotatable bonds is 5. The van der Waals surface area contributed by atoms with Crippen molar-refractivity contribution in [3.63, 3.8) is 0 Å². The molecule has 180 valence electrons. The first-order valence-corrected chi connectivity index (χ1v) is 13.1. The van der Waals surface area contributed by atoms with E-state index in [0.29, 0.717) is 54.6 Å². The number of carboxylic acid groups (broad SMARTS) is 1. The Morgan fingerprint density at radius 1 is 1.21 bits per heavy atom. The summed E-state index contributed by atoms with van der Waals surface area (Å²) in [5, 5.41) is 13.1. The summed E-state index contributed by atoms with van der Waals surface area (Å²) in [5.41, 5.74) is 1.96. The zero-order valence-electron chi connectivity index (χ0n) is 18.9. The molecule has 2 aliphatic rings. The Balaban J connectivity index is 1.52. The van der Waals surface area contributed by atoms with Crippen LogP contribution in [0.1, 0.15) is 25.6 Å². The first-order chi connectivity index (χ1) is 16.3. The van der Waals surface area contributed by atoms with E-state index in [1.165, 1.54) is 11.2 Å². The van der Waals surface area contributed by atoms with Crippen LogP contribution in [0.25, 0.3) is 22.6 Å². The number of nitrogens with one attached hydrogen (secondary N) is 1. The fourth-order valence-corrected chi connectivity index (χ4v) is 6.96. The number of carbonyl (C=O) groups is 1. The first-order valence-electron chi connectivity index (χ1n) is 11.2. The lowest BCUT2D eigenvalue weighted by Gasteiger charge is -2.31. The third kappa shape index (κ3) is 3.93. The molecule has 2 aliphatic heterocycles. The highest BCUT2D eigenvalue weighted by atomic mass is 32.2. The fourth-order valence-electron chi connectivity index (χ4n) is 5.12. The minimum Gasteiger partial charge on any atom is -0.465 e. The van der Waals surface area contributed by atoms with Crippen molar-refractivity contribution in [2.45, 2.75) is 45.3 Å². The second-order valence-electron chi connectivity index (χ2n) is 8.76. The number of hydrogen-bond donors (Lipinski definition) is 2. The molecule has 12 nitrogen and oxygen atoms in total. The van der Waals surface area contributed by atoms with E-state index in [0.717, 1.165) is 5.56 Å². The highest BCUT2D eigenvalue weighted by molar-refractivity contribution is 7.91. The summed E-state index contributed by atoms with van der Waals surface area (Å²) in [5.74, 6) is 1.66. The molecular formula is C21H26N8O4S. The zero-order valence-corrected chi connectivity index (χ0v) is 19.7. The van der Waals surface area contributed by atoms with Crippen LogP contribution in [0, 0.1) is 12.8 Å². The van der Waals surface area contributed by atoms with Crippen LogP contribution in [0.4, 0.5) is 10.6 Å². The molecule has 0 radical (unpaired) electrons. The molecule has 3 aromatic heterocycles. The maximum atomic E-state index is 12.1. The molecule has 13 heteroatoms. The molecule has 2 saturated heterocycles. The van der Waals surface area contributed by atoms with Crippen molar-refractivity contribution < 1.29 is 18.3 Å². The van der Waals surface area contributed by atoms with Gasteiger partial charge in [-0.15, -0.1) is 0 Å². The molecule has 3 atom stereocenters. The van der Waals surface area contributed by atoms with Gasteiger partial charge >= 0.3 is 6.09 Å². The highest BCUT2D eigenvalue weighted by Crippen LogP contribution is 2.35. The van der Waals surface area contributed by atoms with E-state index < -0.39 is 22.0 Å². The van der Waals surface area contributed by atoms with Crippen molar-refractivity contribution in [1.29, 1.82) is 0 Å².